The smallest absolute Gasteiger partial charge is 0.246 e. The van der Waals surface area contributed by atoms with Crippen LogP contribution in [0.2, 0.25) is 0 Å². The predicted molar refractivity (Wildman–Crippen MR) is 94.9 cm³/mol. The van der Waals surface area contributed by atoms with Crippen LogP contribution in [0.15, 0.2) is 17.0 Å². The molecular formula is C18H25F3N2O3S. The minimum absolute atomic E-state index is 0.0228. The number of amides is 1. The van der Waals surface area contributed by atoms with Gasteiger partial charge in [0.15, 0.2) is 17.5 Å². The Balaban J connectivity index is 2.07. The maximum atomic E-state index is 13.9. The molecule has 1 aliphatic rings. The molecule has 1 unspecified atom stereocenters. The number of benzene rings is 1. The van der Waals surface area contributed by atoms with Crippen LogP contribution in [0.3, 0.4) is 0 Å². The molecule has 1 atom stereocenters. The zero-order chi connectivity index (χ0) is 20.6. The number of hydrogen-bond donors (Lipinski definition) is 0. The Kier molecular flexibility index (Phi) is 6.26. The Morgan fingerprint density at radius 1 is 1.07 bits per heavy atom. The van der Waals surface area contributed by atoms with E-state index in [2.05, 4.69) is 0 Å². The SMILES string of the molecule is CC(CC(=O)N1CCN(S(=O)(=O)c2ccc(F)c(F)c2F)CC1)C(C)(C)C. The van der Waals surface area contributed by atoms with Crippen molar-refractivity contribution < 1.29 is 26.4 Å². The second-order valence-electron chi connectivity index (χ2n) is 7.93. The fourth-order valence-corrected chi connectivity index (χ4v) is 4.20. The van der Waals surface area contributed by atoms with Crippen molar-refractivity contribution in [2.24, 2.45) is 11.3 Å². The maximum absolute atomic E-state index is 13.9. The highest BCUT2D eigenvalue weighted by molar-refractivity contribution is 7.89. The summed E-state index contributed by atoms with van der Waals surface area (Å²) in [6, 6.07) is 1.30. The molecule has 152 valence electrons. The minimum Gasteiger partial charge on any atom is -0.340 e. The molecule has 2 rings (SSSR count). The number of piperazine rings is 1. The van der Waals surface area contributed by atoms with E-state index < -0.39 is 32.4 Å². The Bertz CT molecular complexity index is 814. The first kappa shape index (κ1) is 21.7. The third-order valence-electron chi connectivity index (χ3n) is 5.17. The predicted octanol–water partition coefficient (Wildman–Crippen LogP) is 3.01. The molecule has 1 aliphatic heterocycles. The number of carbonyl (C=O) groups is 1. The van der Waals surface area contributed by atoms with E-state index >= 15 is 0 Å². The number of hydrogen-bond acceptors (Lipinski definition) is 3. The van der Waals surface area contributed by atoms with Gasteiger partial charge in [-0.3, -0.25) is 4.79 Å². The molecule has 5 nitrogen and oxygen atoms in total. The van der Waals surface area contributed by atoms with Crippen LogP contribution in [0, 0.1) is 28.8 Å². The summed E-state index contributed by atoms with van der Waals surface area (Å²) in [5.41, 5.74) is -0.0228. The Morgan fingerprint density at radius 2 is 1.63 bits per heavy atom. The molecule has 1 fully saturated rings. The summed E-state index contributed by atoms with van der Waals surface area (Å²) in [5.74, 6) is -4.90. The Hall–Kier alpha value is -1.61. The third-order valence-corrected chi connectivity index (χ3v) is 7.08. The summed E-state index contributed by atoms with van der Waals surface area (Å²) in [4.78, 5) is 13.1. The molecule has 0 aromatic heterocycles. The highest BCUT2D eigenvalue weighted by Crippen LogP contribution is 2.29. The standard InChI is InChI=1S/C18H25F3N2O3S/c1-12(18(2,3)4)11-15(24)22-7-9-23(10-8-22)27(25,26)14-6-5-13(19)16(20)17(14)21/h5-6,12H,7-11H2,1-4H3. The molecule has 1 heterocycles. The first-order chi connectivity index (χ1) is 12.4. The molecule has 0 saturated carbocycles. The summed E-state index contributed by atoms with van der Waals surface area (Å²) in [5, 5.41) is 0. The lowest BCUT2D eigenvalue weighted by molar-refractivity contribution is -0.134. The van der Waals surface area contributed by atoms with Crippen LogP contribution < -0.4 is 0 Å². The van der Waals surface area contributed by atoms with Gasteiger partial charge in [-0.05, 0) is 23.5 Å². The van der Waals surface area contributed by atoms with E-state index in [9.17, 15) is 26.4 Å². The van der Waals surface area contributed by atoms with Crippen molar-refractivity contribution in [1.82, 2.24) is 9.21 Å². The highest BCUT2D eigenvalue weighted by Gasteiger charge is 2.34. The quantitative estimate of drug-likeness (QED) is 0.723. The zero-order valence-corrected chi connectivity index (χ0v) is 16.7. The summed E-state index contributed by atoms with van der Waals surface area (Å²) < 4.78 is 66.4. The van der Waals surface area contributed by atoms with Crippen molar-refractivity contribution in [2.45, 2.75) is 39.0 Å². The van der Waals surface area contributed by atoms with Gasteiger partial charge in [0.1, 0.15) is 4.90 Å². The largest absolute Gasteiger partial charge is 0.340 e. The third kappa shape index (κ3) is 4.63. The molecular weight excluding hydrogens is 381 g/mol. The molecule has 1 saturated heterocycles. The first-order valence-electron chi connectivity index (χ1n) is 8.77. The van der Waals surface area contributed by atoms with Crippen molar-refractivity contribution in [3.05, 3.63) is 29.6 Å². The average molecular weight is 406 g/mol. The summed E-state index contributed by atoms with van der Waals surface area (Å²) in [6.07, 6.45) is 0.355. The van der Waals surface area contributed by atoms with Gasteiger partial charge in [-0.15, -0.1) is 0 Å². The molecule has 0 radical (unpaired) electrons. The number of carbonyl (C=O) groups excluding carboxylic acids is 1. The van der Waals surface area contributed by atoms with Gasteiger partial charge in [-0.1, -0.05) is 27.7 Å². The van der Waals surface area contributed by atoms with E-state index in [1.54, 1.807) is 4.90 Å². The molecule has 1 aromatic carbocycles. The normalized spacial score (nSPS) is 17.8. The first-order valence-corrected chi connectivity index (χ1v) is 10.2. The zero-order valence-electron chi connectivity index (χ0n) is 15.9. The van der Waals surface area contributed by atoms with Crippen molar-refractivity contribution >= 4 is 15.9 Å². The van der Waals surface area contributed by atoms with E-state index in [-0.39, 0.29) is 43.4 Å². The van der Waals surface area contributed by atoms with Gasteiger partial charge in [0.2, 0.25) is 15.9 Å². The van der Waals surface area contributed by atoms with Crippen LogP contribution in [0.4, 0.5) is 13.2 Å². The van der Waals surface area contributed by atoms with Gasteiger partial charge >= 0.3 is 0 Å². The number of halogens is 3. The second kappa shape index (κ2) is 7.79. The van der Waals surface area contributed by atoms with Crippen molar-refractivity contribution in [3.63, 3.8) is 0 Å². The summed E-state index contributed by atoms with van der Waals surface area (Å²) in [6.45, 7) is 8.40. The van der Waals surface area contributed by atoms with E-state index in [1.165, 1.54) is 0 Å². The van der Waals surface area contributed by atoms with Gasteiger partial charge in [-0.2, -0.15) is 4.31 Å². The second-order valence-corrected chi connectivity index (χ2v) is 9.84. The number of sulfonamides is 1. The van der Waals surface area contributed by atoms with Crippen molar-refractivity contribution in [3.8, 4) is 0 Å². The molecule has 0 aliphatic carbocycles. The van der Waals surface area contributed by atoms with Crippen LogP contribution in [-0.4, -0.2) is 49.7 Å². The molecule has 27 heavy (non-hydrogen) atoms. The Labute approximate surface area is 158 Å². The molecule has 1 amide bonds. The summed E-state index contributed by atoms with van der Waals surface area (Å²) in [7, 11) is -4.31. The molecule has 0 spiro atoms. The molecule has 9 heteroatoms. The van der Waals surface area contributed by atoms with Gasteiger partial charge in [0, 0.05) is 32.6 Å². The highest BCUT2D eigenvalue weighted by atomic mass is 32.2. The minimum atomic E-state index is -4.31. The molecule has 0 bridgehead atoms. The lowest BCUT2D eigenvalue weighted by Crippen LogP contribution is -2.51. The van der Waals surface area contributed by atoms with Crippen molar-refractivity contribution in [1.29, 1.82) is 0 Å². The van der Waals surface area contributed by atoms with E-state index in [0.29, 0.717) is 18.6 Å². The van der Waals surface area contributed by atoms with Crippen LogP contribution >= 0.6 is 0 Å². The van der Waals surface area contributed by atoms with Gasteiger partial charge in [0.25, 0.3) is 0 Å². The fraction of sp³-hybridized carbons (Fsp3) is 0.611. The Morgan fingerprint density at radius 3 is 2.15 bits per heavy atom. The van der Waals surface area contributed by atoms with Crippen LogP contribution in [-0.2, 0) is 14.8 Å². The van der Waals surface area contributed by atoms with Crippen molar-refractivity contribution in [2.75, 3.05) is 26.2 Å². The maximum Gasteiger partial charge on any atom is 0.246 e. The van der Waals surface area contributed by atoms with Gasteiger partial charge < -0.3 is 4.90 Å². The number of rotatable bonds is 4. The lowest BCUT2D eigenvalue weighted by Gasteiger charge is -2.35. The number of nitrogens with zero attached hydrogens (tertiary/aromatic N) is 2. The monoisotopic (exact) mass is 406 g/mol. The van der Waals surface area contributed by atoms with Crippen LogP contribution in [0.25, 0.3) is 0 Å². The molecule has 1 aromatic rings. The van der Waals surface area contributed by atoms with E-state index in [4.69, 9.17) is 0 Å². The molecule has 0 N–H and O–H groups in total. The average Bonchev–Trinajstić information content (AvgIpc) is 2.58. The fourth-order valence-electron chi connectivity index (χ4n) is 2.72. The lowest BCUT2D eigenvalue weighted by atomic mass is 9.80. The van der Waals surface area contributed by atoms with E-state index in [0.717, 1.165) is 4.31 Å². The van der Waals surface area contributed by atoms with Gasteiger partial charge in [0.05, 0.1) is 0 Å². The summed E-state index contributed by atoms with van der Waals surface area (Å²) >= 11 is 0. The topological polar surface area (TPSA) is 57.7 Å². The van der Waals surface area contributed by atoms with E-state index in [1.807, 2.05) is 27.7 Å². The van der Waals surface area contributed by atoms with Gasteiger partial charge in [-0.25, -0.2) is 21.6 Å². The van der Waals surface area contributed by atoms with Crippen LogP contribution in [0.1, 0.15) is 34.1 Å². The van der Waals surface area contributed by atoms with Crippen LogP contribution in [0.5, 0.6) is 0 Å².